The first-order chi connectivity index (χ1) is 8.72. The topological polar surface area (TPSA) is 50.7 Å². The number of ether oxygens (including phenoxy) is 2. The van der Waals surface area contributed by atoms with E-state index in [9.17, 15) is 5.11 Å². The number of benzene rings is 1. The van der Waals surface area contributed by atoms with Crippen molar-refractivity contribution in [2.45, 2.75) is 31.5 Å². The van der Waals surface area contributed by atoms with Gasteiger partial charge in [-0.05, 0) is 30.5 Å². The Hall–Kier alpha value is -0.970. The molecule has 3 rings (SSSR count). The minimum atomic E-state index is -0.133. The van der Waals surface area contributed by atoms with Gasteiger partial charge >= 0.3 is 0 Å². The molecule has 1 aliphatic heterocycles. The molecule has 0 saturated heterocycles. The number of hydrogen-bond donors (Lipinski definition) is 2. The Kier molecular flexibility index (Phi) is 3.33. The van der Waals surface area contributed by atoms with Gasteiger partial charge in [-0.2, -0.15) is 0 Å². The molecule has 0 atom stereocenters. The van der Waals surface area contributed by atoms with Crippen LogP contribution in [0.25, 0.3) is 0 Å². The summed E-state index contributed by atoms with van der Waals surface area (Å²) in [6.45, 7) is 1.84. The van der Waals surface area contributed by atoms with Gasteiger partial charge in [0.05, 0.1) is 11.1 Å². The van der Waals surface area contributed by atoms with E-state index in [-0.39, 0.29) is 6.10 Å². The number of fused-ring (bicyclic) bond motifs is 1. The predicted molar refractivity (Wildman–Crippen MR) is 68.3 cm³/mol. The Morgan fingerprint density at radius 1 is 1.28 bits per heavy atom. The van der Waals surface area contributed by atoms with Crippen molar-refractivity contribution in [3.05, 3.63) is 22.7 Å². The number of rotatable bonds is 3. The molecule has 18 heavy (non-hydrogen) atoms. The van der Waals surface area contributed by atoms with E-state index in [1.165, 1.54) is 0 Å². The van der Waals surface area contributed by atoms with E-state index in [0.717, 1.165) is 30.7 Å². The number of hydrogen-bond acceptors (Lipinski definition) is 4. The molecule has 2 N–H and O–H groups in total. The second-order valence-corrected chi connectivity index (χ2v) is 5.21. The molecule has 1 fully saturated rings. The maximum Gasteiger partial charge on any atom is 0.179 e. The molecule has 1 aromatic carbocycles. The van der Waals surface area contributed by atoms with Crippen molar-refractivity contribution >= 4 is 11.6 Å². The van der Waals surface area contributed by atoms with Gasteiger partial charge in [-0.1, -0.05) is 11.6 Å². The van der Waals surface area contributed by atoms with Gasteiger partial charge in [-0.25, -0.2) is 0 Å². The highest BCUT2D eigenvalue weighted by atomic mass is 35.5. The molecule has 98 valence electrons. The van der Waals surface area contributed by atoms with Gasteiger partial charge in [-0.3, -0.25) is 0 Å². The van der Waals surface area contributed by atoms with E-state index in [2.05, 4.69) is 5.32 Å². The average molecular weight is 270 g/mol. The normalized spacial score (nSPS) is 25.7. The lowest BCUT2D eigenvalue weighted by molar-refractivity contribution is 0.0619. The summed E-state index contributed by atoms with van der Waals surface area (Å²) in [5.74, 6) is 1.37. The van der Waals surface area contributed by atoms with Crippen LogP contribution < -0.4 is 14.8 Å². The standard InChI is InChI=1S/C13H16ClNO3/c14-11-3-8(7-15-9-5-10(16)6-9)4-12-13(11)18-2-1-17-12/h3-4,9-10,15-16H,1-2,5-7H2. The Morgan fingerprint density at radius 2 is 2.06 bits per heavy atom. The Bertz CT molecular complexity index is 446. The molecule has 0 aromatic heterocycles. The summed E-state index contributed by atoms with van der Waals surface area (Å²) in [4.78, 5) is 0. The summed E-state index contributed by atoms with van der Waals surface area (Å²) < 4.78 is 11.0. The third kappa shape index (κ3) is 2.41. The fraction of sp³-hybridized carbons (Fsp3) is 0.538. The average Bonchev–Trinajstić information content (AvgIpc) is 2.33. The fourth-order valence-electron chi connectivity index (χ4n) is 2.28. The van der Waals surface area contributed by atoms with Crippen LogP contribution in [-0.2, 0) is 6.54 Å². The first kappa shape index (κ1) is 12.1. The molecule has 0 unspecified atom stereocenters. The lowest BCUT2D eigenvalue weighted by Gasteiger charge is -2.32. The van der Waals surface area contributed by atoms with Crippen molar-refractivity contribution in [2.75, 3.05) is 13.2 Å². The minimum Gasteiger partial charge on any atom is -0.486 e. The van der Waals surface area contributed by atoms with Crippen molar-refractivity contribution in [1.29, 1.82) is 0 Å². The number of halogens is 1. The van der Waals surface area contributed by atoms with E-state index in [1.54, 1.807) is 0 Å². The lowest BCUT2D eigenvalue weighted by Crippen LogP contribution is -2.43. The van der Waals surface area contributed by atoms with Crippen molar-refractivity contribution in [3.63, 3.8) is 0 Å². The third-order valence-electron chi connectivity index (χ3n) is 3.36. The zero-order valence-electron chi connectivity index (χ0n) is 9.99. The summed E-state index contributed by atoms with van der Waals surface area (Å²) in [7, 11) is 0. The van der Waals surface area contributed by atoms with E-state index < -0.39 is 0 Å². The van der Waals surface area contributed by atoms with Crippen molar-refractivity contribution < 1.29 is 14.6 Å². The molecule has 2 aliphatic rings. The van der Waals surface area contributed by atoms with Gasteiger partial charge in [0.1, 0.15) is 13.2 Å². The van der Waals surface area contributed by atoms with Crippen LogP contribution in [0.1, 0.15) is 18.4 Å². The number of aliphatic hydroxyl groups is 1. The molecule has 0 amide bonds. The highest BCUT2D eigenvalue weighted by molar-refractivity contribution is 6.32. The molecule has 0 spiro atoms. The largest absolute Gasteiger partial charge is 0.486 e. The molecular formula is C13H16ClNO3. The number of aliphatic hydroxyl groups excluding tert-OH is 1. The van der Waals surface area contributed by atoms with Gasteiger partial charge in [0.25, 0.3) is 0 Å². The SMILES string of the molecule is OC1CC(NCc2cc(Cl)c3c(c2)OCCO3)C1. The summed E-state index contributed by atoms with van der Waals surface area (Å²) in [5.41, 5.74) is 1.07. The van der Waals surface area contributed by atoms with Gasteiger partial charge in [0, 0.05) is 12.6 Å². The van der Waals surface area contributed by atoms with E-state index in [0.29, 0.717) is 30.0 Å². The molecule has 1 aliphatic carbocycles. The first-order valence-corrected chi connectivity index (χ1v) is 6.59. The molecular weight excluding hydrogens is 254 g/mol. The zero-order chi connectivity index (χ0) is 12.5. The molecule has 0 bridgehead atoms. The van der Waals surface area contributed by atoms with Gasteiger partial charge in [-0.15, -0.1) is 0 Å². The quantitative estimate of drug-likeness (QED) is 0.877. The maximum absolute atomic E-state index is 9.22. The Labute approximate surface area is 111 Å². The molecule has 5 heteroatoms. The summed E-state index contributed by atoms with van der Waals surface area (Å²) >= 11 is 6.16. The Balaban J connectivity index is 1.67. The maximum atomic E-state index is 9.22. The van der Waals surface area contributed by atoms with Crippen LogP contribution in [0.3, 0.4) is 0 Å². The minimum absolute atomic E-state index is 0.133. The van der Waals surface area contributed by atoms with Crippen molar-refractivity contribution in [2.24, 2.45) is 0 Å². The smallest absolute Gasteiger partial charge is 0.179 e. The van der Waals surface area contributed by atoms with Crippen LogP contribution in [-0.4, -0.2) is 30.5 Å². The summed E-state index contributed by atoms with van der Waals surface area (Å²) in [6, 6.07) is 4.27. The zero-order valence-corrected chi connectivity index (χ0v) is 10.7. The molecule has 4 nitrogen and oxygen atoms in total. The van der Waals surface area contributed by atoms with E-state index in [4.69, 9.17) is 21.1 Å². The summed E-state index contributed by atoms with van der Waals surface area (Å²) in [5, 5.41) is 13.2. The van der Waals surface area contributed by atoms with Crippen LogP contribution in [0.4, 0.5) is 0 Å². The van der Waals surface area contributed by atoms with E-state index >= 15 is 0 Å². The van der Waals surface area contributed by atoms with Crippen LogP contribution in [0, 0.1) is 0 Å². The van der Waals surface area contributed by atoms with Gasteiger partial charge in [0.15, 0.2) is 11.5 Å². The van der Waals surface area contributed by atoms with E-state index in [1.807, 2.05) is 12.1 Å². The van der Waals surface area contributed by atoms with Crippen LogP contribution in [0.5, 0.6) is 11.5 Å². The highest BCUT2D eigenvalue weighted by Crippen LogP contribution is 2.38. The fourth-order valence-corrected chi connectivity index (χ4v) is 2.57. The van der Waals surface area contributed by atoms with Gasteiger partial charge in [0.2, 0.25) is 0 Å². The van der Waals surface area contributed by atoms with Gasteiger partial charge < -0.3 is 19.9 Å². The predicted octanol–water partition coefficient (Wildman–Crippen LogP) is 1.72. The summed E-state index contributed by atoms with van der Waals surface area (Å²) in [6.07, 6.45) is 1.53. The second kappa shape index (κ2) is 4.96. The molecule has 1 aromatic rings. The number of nitrogens with one attached hydrogen (secondary N) is 1. The first-order valence-electron chi connectivity index (χ1n) is 6.22. The Morgan fingerprint density at radius 3 is 2.83 bits per heavy atom. The van der Waals surface area contributed by atoms with Crippen LogP contribution in [0.2, 0.25) is 5.02 Å². The highest BCUT2D eigenvalue weighted by Gasteiger charge is 2.26. The van der Waals surface area contributed by atoms with Crippen LogP contribution >= 0.6 is 11.6 Å². The molecule has 1 heterocycles. The third-order valence-corrected chi connectivity index (χ3v) is 3.65. The molecule has 0 radical (unpaired) electrons. The van der Waals surface area contributed by atoms with Crippen molar-refractivity contribution in [1.82, 2.24) is 5.32 Å². The monoisotopic (exact) mass is 269 g/mol. The van der Waals surface area contributed by atoms with Crippen LogP contribution in [0.15, 0.2) is 12.1 Å². The second-order valence-electron chi connectivity index (χ2n) is 4.80. The van der Waals surface area contributed by atoms with Crippen molar-refractivity contribution in [3.8, 4) is 11.5 Å². The lowest BCUT2D eigenvalue weighted by atomic mass is 9.89. The molecule has 1 saturated carbocycles.